The second-order valence-electron chi connectivity index (χ2n) is 2.19. The van der Waals surface area contributed by atoms with Gasteiger partial charge in [-0.15, -0.1) is 0 Å². The van der Waals surface area contributed by atoms with Gasteiger partial charge >= 0.3 is 13.1 Å². The lowest BCUT2D eigenvalue weighted by molar-refractivity contribution is 0.0696. The number of carboxylic acids is 1. The van der Waals surface area contributed by atoms with Crippen LogP contribution in [-0.2, 0) is 0 Å². The smallest absolute Gasteiger partial charge is 0.478 e. The predicted molar refractivity (Wildman–Crippen MR) is 41.0 cm³/mol. The molecule has 0 aromatic carbocycles. The maximum absolute atomic E-state index is 10.4. The van der Waals surface area contributed by atoms with E-state index in [1.165, 1.54) is 6.20 Å². The van der Waals surface area contributed by atoms with Gasteiger partial charge in [-0.2, -0.15) is 0 Å². The summed E-state index contributed by atoms with van der Waals surface area (Å²) in [5.74, 6) is -1.15. The second-order valence-corrected chi connectivity index (χ2v) is 2.19. The van der Waals surface area contributed by atoms with E-state index in [0.29, 0.717) is 0 Å². The van der Waals surface area contributed by atoms with E-state index < -0.39 is 13.1 Å². The highest BCUT2D eigenvalue weighted by Gasteiger charge is 2.13. The molecule has 0 aliphatic rings. The third-order valence-corrected chi connectivity index (χ3v) is 1.30. The van der Waals surface area contributed by atoms with E-state index in [-0.39, 0.29) is 11.0 Å². The fourth-order valence-corrected chi connectivity index (χ4v) is 0.716. The summed E-state index contributed by atoms with van der Waals surface area (Å²) in [6.45, 7) is 0. The van der Waals surface area contributed by atoms with Gasteiger partial charge in [0.2, 0.25) is 0 Å². The second kappa shape index (κ2) is 3.33. The van der Waals surface area contributed by atoms with Crippen LogP contribution in [0.2, 0.25) is 0 Å². The maximum Gasteiger partial charge on any atom is 0.490 e. The molecular formula is C6H6BNO4. The normalized spacial score (nSPS) is 9.50. The molecule has 0 saturated heterocycles. The van der Waals surface area contributed by atoms with Crippen LogP contribution in [0.4, 0.5) is 0 Å². The zero-order valence-electron chi connectivity index (χ0n) is 6.01. The van der Waals surface area contributed by atoms with Crippen molar-refractivity contribution in [1.82, 2.24) is 4.98 Å². The molecule has 6 heteroatoms. The molecular weight excluding hydrogens is 161 g/mol. The van der Waals surface area contributed by atoms with Crippen LogP contribution < -0.4 is 5.46 Å². The fraction of sp³-hybridized carbons (Fsp3) is 0. The summed E-state index contributed by atoms with van der Waals surface area (Å²) in [6, 6.07) is 1.15. The Morgan fingerprint density at radius 3 is 2.58 bits per heavy atom. The Morgan fingerprint density at radius 2 is 2.08 bits per heavy atom. The van der Waals surface area contributed by atoms with Gasteiger partial charge in [0, 0.05) is 17.9 Å². The van der Waals surface area contributed by atoms with Crippen LogP contribution in [0.25, 0.3) is 0 Å². The number of pyridine rings is 1. The van der Waals surface area contributed by atoms with Crippen LogP contribution in [0, 0.1) is 0 Å². The van der Waals surface area contributed by atoms with Crippen LogP contribution in [0.3, 0.4) is 0 Å². The van der Waals surface area contributed by atoms with Crippen molar-refractivity contribution in [3.63, 3.8) is 0 Å². The number of aromatic carboxylic acids is 1. The monoisotopic (exact) mass is 167 g/mol. The molecule has 1 aromatic rings. The number of hydrogen-bond donors (Lipinski definition) is 3. The summed E-state index contributed by atoms with van der Waals surface area (Å²) in [4.78, 5) is 13.9. The molecule has 1 heterocycles. The Balaban J connectivity index is 3.04. The molecule has 0 aliphatic heterocycles. The standard InChI is InChI=1S/C6H6BNO4/c9-6(10)4-1-5(7(11)12)3-8-2-4/h1-3,11-12H,(H,9,10). The van der Waals surface area contributed by atoms with Crippen molar-refractivity contribution in [1.29, 1.82) is 0 Å². The van der Waals surface area contributed by atoms with E-state index in [2.05, 4.69) is 4.98 Å². The van der Waals surface area contributed by atoms with Crippen molar-refractivity contribution in [2.45, 2.75) is 0 Å². The van der Waals surface area contributed by atoms with E-state index >= 15 is 0 Å². The molecule has 0 spiro atoms. The first kappa shape index (κ1) is 8.70. The molecule has 0 radical (unpaired) electrons. The Bertz CT molecular complexity index is 301. The van der Waals surface area contributed by atoms with Gasteiger partial charge in [0.25, 0.3) is 0 Å². The molecule has 0 fully saturated rings. The van der Waals surface area contributed by atoms with Gasteiger partial charge in [0.05, 0.1) is 5.56 Å². The Labute approximate surface area is 68.5 Å². The van der Waals surface area contributed by atoms with E-state index in [1.807, 2.05) is 0 Å². The first-order chi connectivity index (χ1) is 5.61. The molecule has 3 N–H and O–H groups in total. The van der Waals surface area contributed by atoms with E-state index in [0.717, 1.165) is 12.3 Å². The molecule has 0 amide bonds. The minimum atomic E-state index is -1.68. The Morgan fingerprint density at radius 1 is 1.42 bits per heavy atom. The van der Waals surface area contributed by atoms with Gasteiger partial charge in [0.15, 0.2) is 0 Å². The molecule has 1 aromatic heterocycles. The van der Waals surface area contributed by atoms with Gasteiger partial charge in [-0.25, -0.2) is 4.79 Å². The van der Waals surface area contributed by atoms with Gasteiger partial charge in [0.1, 0.15) is 0 Å². The number of aromatic nitrogens is 1. The molecule has 12 heavy (non-hydrogen) atoms. The zero-order chi connectivity index (χ0) is 9.14. The molecule has 1 rings (SSSR count). The number of rotatable bonds is 2. The predicted octanol–water partition coefficient (Wildman–Crippen LogP) is -1.54. The van der Waals surface area contributed by atoms with Crippen molar-refractivity contribution in [2.75, 3.05) is 0 Å². The van der Waals surface area contributed by atoms with Gasteiger partial charge in [-0.1, -0.05) is 0 Å². The third kappa shape index (κ3) is 1.80. The maximum atomic E-state index is 10.4. The summed E-state index contributed by atoms with van der Waals surface area (Å²) in [7, 11) is -1.68. The number of nitrogens with zero attached hydrogens (tertiary/aromatic N) is 1. The minimum Gasteiger partial charge on any atom is -0.478 e. The molecule has 0 atom stereocenters. The summed E-state index contributed by atoms with van der Waals surface area (Å²) in [6.07, 6.45) is 2.32. The molecule has 0 unspecified atom stereocenters. The highest BCUT2D eigenvalue weighted by atomic mass is 16.4. The van der Waals surface area contributed by atoms with Crippen molar-refractivity contribution >= 4 is 18.6 Å². The van der Waals surface area contributed by atoms with Crippen LogP contribution >= 0.6 is 0 Å². The largest absolute Gasteiger partial charge is 0.490 e. The lowest BCUT2D eigenvalue weighted by Gasteiger charge is -1.98. The van der Waals surface area contributed by atoms with Gasteiger partial charge in [-0.05, 0) is 6.07 Å². The van der Waals surface area contributed by atoms with E-state index in [1.54, 1.807) is 0 Å². The minimum absolute atomic E-state index is 0.0647. The van der Waals surface area contributed by atoms with Gasteiger partial charge < -0.3 is 15.2 Å². The lowest BCUT2D eigenvalue weighted by atomic mass is 9.81. The average Bonchev–Trinajstić information content (AvgIpc) is 2.04. The molecule has 0 saturated carbocycles. The topological polar surface area (TPSA) is 90.7 Å². The zero-order valence-corrected chi connectivity index (χ0v) is 6.01. The average molecular weight is 167 g/mol. The highest BCUT2D eigenvalue weighted by molar-refractivity contribution is 6.58. The van der Waals surface area contributed by atoms with Gasteiger partial charge in [-0.3, -0.25) is 4.98 Å². The quantitative estimate of drug-likeness (QED) is 0.464. The fourth-order valence-electron chi connectivity index (χ4n) is 0.716. The van der Waals surface area contributed by atoms with Crippen LogP contribution in [0.15, 0.2) is 18.5 Å². The Kier molecular flexibility index (Phi) is 2.42. The summed E-state index contributed by atoms with van der Waals surface area (Å²) in [5.41, 5.74) is -0.00417. The molecule has 0 aliphatic carbocycles. The van der Waals surface area contributed by atoms with Crippen LogP contribution in [0.5, 0.6) is 0 Å². The highest BCUT2D eigenvalue weighted by Crippen LogP contribution is 1.93. The first-order valence-electron chi connectivity index (χ1n) is 3.15. The van der Waals surface area contributed by atoms with E-state index in [9.17, 15) is 4.79 Å². The summed E-state index contributed by atoms with van der Waals surface area (Å²) >= 11 is 0. The van der Waals surface area contributed by atoms with Crippen molar-refractivity contribution in [3.05, 3.63) is 24.0 Å². The number of carbonyl (C=O) groups is 1. The molecule has 5 nitrogen and oxygen atoms in total. The lowest BCUT2D eigenvalue weighted by Crippen LogP contribution is -2.30. The van der Waals surface area contributed by atoms with Crippen molar-refractivity contribution in [2.24, 2.45) is 0 Å². The van der Waals surface area contributed by atoms with Crippen molar-refractivity contribution in [3.8, 4) is 0 Å². The third-order valence-electron chi connectivity index (χ3n) is 1.30. The summed E-state index contributed by atoms with van der Waals surface area (Å²) in [5, 5.41) is 25.8. The number of carboxylic acid groups (broad SMARTS) is 1. The van der Waals surface area contributed by atoms with Crippen molar-refractivity contribution < 1.29 is 19.9 Å². The van der Waals surface area contributed by atoms with Crippen LogP contribution in [0.1, 0.15) is 10.4 Å². The SMILES string of the molecule is O=C(O)c1cncc(B(O)O)c1. The summed E-state index contributed by atoms with van der Waals surface area (Å²) < 4.78 is 0. The Hall–Kier alpha value is -1.40. The molecule has 0 bridgehead atoms. The number of hydrogen-bond acceptors (Lipinski definition) is 4. The first-order valence-corrected chi connectivity index (χ1v) is 3.15. The van der Waals surface area contributed by atoms with E-state index in [4.69, 9.17) is 15.2 Å². The van der Waals surface area contributed by atoms with Crippen LogP contribution in [-0.4, -0.2) is 33.2 Å². The molecule has 62 valence electrons.